The lowest BCUT2D eigenvalue weighted by atomic mass is 10.3. The number of hydrogen-bond donors (Lipinski definition) is 1. The summed E-state index contributed by atoms with van der Waals surface area (Å²) in [5.41, 5.74) is 1.90. The second-order valence-electron chi connectivity index (χ2n) is 7.81. The van der Waals surface area contributed by atoms with Crippen LogP contribution in [0.2, 0.25) is 0 Å². The SMILES string of the molecule is CCN(CC)CCn1c(NC(=O)c2ccc(CN3CCCC3)o2)nc2ccccc21. The van der Waals surface area contributed by atoms with Crippen LogP contribution in [0.1, 0.15) is 43.0 Å². The van der Waals surface area contributed by atoms with Crippen LogP contribution in [0.15, 0.2) is 40.8 Å². The standard InChI is InChI=1S/C23H31N5O2/c1-3-26(4-2)15-16-28-20-10-6-5-9-19(20)24-23(28)25-22(29)21-12-11-18(30-21)17-27-13-7-8-14-27/h5-6,9-12H,3-4,7-8,13-17H2,1-2H3,(H,24,25,29). The maximum Gasteiger partial charge on any atom is 0.293 e. The second kappa shape index (κ2) is 9.45. The maximum atomic E-state index is 12.9. The van der Waals surface area contributed by atoms with Gasteiger partial charge in [0.25, 0.3) is 5.91 Å². The molecular weight excluding hydrogens is 378 g/mol. The number of aromatic nitrogens is 2. The van der Waals surface area contributed by atoms with Crippen LogP contribution >= 0.6 is 0 Å². The van der Waals surface area contributed by atoms with Crippen LogP contribution in [0.4, 0.5) is 5.95 Å². The van der Waals surface area contributed by atoms with Gasteiger partial charge in [-0.3, -0.25) is 15.0 Å². The molecule has 1 fully saturated rings. The Morgan fingerprint density at radius 2 is 1.90 bits per heavy atom. The van der Waals surface area contributed by atoms with Gasteiger partial charge < -0.3 is 13.9 Å². The number of carbonyl (C=O) groups excluding carboxylic acids is 1. The first-order valence-corrected chi connectivity index (χ1v) is 11.0. The maximum absolute atomic E-state index is 12.9. The van der Waals surface area contributed by atoms with Gasteiger partial charge in [0.2, 0.25) is 5.95 Å². The fraction of sp³-hybridized carbons (Fsp3) is 0.478. The number of furan rings is 1. The molecule has 30 heavy (non-hydrogen) atoms. The summed E-state index contributed by atoms with van der Waals surface area (Å²) in [5.74, 6) is 1.46. The minimum atomic E-state index is -0.262. The van der Waals surface area contributed by atoms with Crippen LogP contribution in [0.5, 0.6) is 0 Å². The van der Waals surface area contributed by atoms with Crippen LogP contribution in [-0.2, 0) is 13.1 Å². The molecule has 7 nitrogen and oxygen atoms in total. The van der Waals surface area contributed by atoms with E-state index in [0.717, 1.165) is 62.6 Å². The number of amides is 1. The zero-order valence-electron chi connectivity index (χ0n) is 17.9. The number of nitrogens with one attached hydrogen (secondary N) is 1. The number of anilines is 1. The molecule has 3 aromatic rings. The zero-order valence-corrected chi connectivity index (χ0v) is 17.9. The van der Waals surface area contributed by atoms with Gasteiger partial charge >= 0.3 is 0 Å². The van der Waals surface area contributed by atoms with Gasteiger partial charge in [0.1, 0.15) is 5.76 Å². The molecule has 0 saturated carbocycles. The van der Waals surface area contributed by atoms with Crippen molar-refractivity contribution in [2.45, 2.75) is 39.8 Å². The van der Waals surface area contributed by atoms with Crippen LogP contribution in [-0.4, -0.2) is 58.0 Å². The molecule has 1 amide bonds. The number of imidazole rings is 1. The van der Waals surface area contributed by atoms with E-state index in [9.17, 15) is 4.79 Å². The molecule has 4 rings (SSSR count). The molecule has 0 aliphatic carbocycles. The molecule has 2 aromatic heterocycles. The van der Waals surface area contributed by atoms with Crippen molar-refractivity contribution in [3.8, 4) is 0 Å². The summed E-state index contributed by atoms with van der Waals surface area (Å²) in [6.45, 7) is 10.9. The van der Waals surface area contributed by atoms with E-state index in [-0.39, 0.29) is 5.91 Å². The van der Waals surface area contributed by atoms with Crippen molar-refractivity contribution >= 4 is 22.9 Å². The lowest BCUT2D eigenvalue weighted by molar-refractivity contribution is 0.0992. The highest BCUT2D eigenvalue weighted by Crippen LogP contribution is 2.21. The lowest BCUT2D eigenvalue weighted by Crippen LogP contribution is -2.27. The van der Waals surface area contributed by atoms with Crippen LogP contribution in [0, 0.1) is 0 Å². The predicted octanol–water partition coefficient (Wildman–Crippen LogP) is 3.82. The van der Waals surface area contributed by atoms with Crippen molar-refractivity contribution in [3.05, 3.63) is 47.9 Å². The minimum absolute atomic E-state index is 0.262. The monoisotopic (exact) mass is 409 g/mol. The smallest absolute Gasteiger partial charge is 0.293 e. The summed E-state index contributed by atoms with van der Waals surface area (Å²) in [6.07, 6.45) is 2.47. The summed E-state index contributed by atoms with van der Waals surface area (Å²) in [6, 6.07) is 11.6. The third kappa shape index (κ3) is 4.57. The first-order valence-electron chi connectivity index (χ1n) is 11.0. The summed E-state index contributed by atoms with van der Waals surface area (Å²) in [5, 5.41) is 2.97. The predicted molar refractivity (Wildman–Crippen MR) is 119 cm³/mol. The normalized spacial score (nSPS) is 14.8. The molecule has 7 heteroatoms. The van der Waals surface area contributed by atoms with Crippen molar-refractivity contribution in [2.24, 2.45) is 0 Å². The topological polar surface area (TPSA) is 66.5 Å². The quantitative estimate of drug-likeness (QED) is 0.582. The van der Waals surface area contributed by atoms with Crippen molar-refractivity contribution in [1.82, 2.24) is 19.4 Å². The van der Waals surface area contributed by atoms with E-state index in [0.29, 0.717) is 11.7 Å². The highest BCUT2D eigenvalue weighted by Gasteiger charge is 2.19. The fourth-order valence-electron chi connectivity index (χ4n) is 4.09. The Labute approximate surface area is 177 Å². The third-order valence-electron chi connectivity index (χ3n) is 5.88. The molecule has 3 heterocycles. The minimum Gasteiger partial charge on any atom is -0.455 e. The number of likely N-dealkylation sites (tertiary alicyclic amines) is 1. The summed E-state index contributed by atoms with van der Waals surface area (Å²) in [4.78, 5) is 22.2. The van der Waals surface area contributed by atoms with Gasteiger partial charge in [0.05, 0.1) is 17.6 Å². The number of nitrogens with zero attached hydrogens (tertiary/aromatic N) is 4. The van der Waals surface area contributed by atoms with E-state index < -0.39 is 0 Å². The van der Waals surface area contributed by atoms with Crippen molar-refractivity contribution in [3.63, 3.8) is 0 Å². The molecule has 1 aliphatic heterocycles. The molecule has 1 N–H and O–H groups in total. The highest BCUT2D eigenvalue weighted by atomic mass is 16.4. The molecule has 1 saturated heterocycles. The Bertz CT molecular complexity index is 983. The number of fused-ring (bicyclic) bond motifs is 1. The molecule has 0 unspecified atom stereocenters. The van der Waals surface area contributed by atoms with E-state index in [1.807, 2.05) is 30.3 Å². The lowest BCUT2D eigenvalue weighted by Gasteiger charge is -2.19. The number of para-hydroxylation sites is 2. The molecule has 0 radical (unpaired) electrons. The number of likely N-dealkylation sites (N-methyl/N-ethyl adjacent to an activating group) is 1. The van der Waals surface area contributed by atoms with Gasteiger partial charge in [0.15, 0.2) is 5.76 Å². The summed E-state index contributed by atoms with van der Waals surface area (Å²) < 4.78 is 7.91. The van der Waals surface area contributed by atoms with Gasteiger partial charge in [-0.05, 0) is 63.3 Å². The van der Waals surface area contributed by atoms with E-state index in [1.165, 1.54) is 12.8 Å². The van der Waals surface area contributed by atoms with E-state index in [4.69, 9.17) is 4.42 Å². The molecule has 0 bridgehead atoms. The average Bonchev–Trinajstić information content (AvgIpc) is 3.50. The Morgan fingerprint density at radius 3 is 2.67 bits per heavy atom. The first-order chi connectivity index (χ1) is 14.7. The molecule has 0 atom stereocenters. The molecule has 160 valence electrons. The third-order valence-corrected chi connectivity index (χ3v) is 5.88. The van der Waals surface area contributed by atoms with E-state index >= 15 is 0 Å². The molecule has 1 aromatic carbocycles. The van der Waals surface area contributed by atoms with Crippen LogP contribution < -0.4 is 5.32 Å². The fourth-order valence-corrected chi connectivity index (χ4v) is 4.09. The number of hydrogen-bond acceptors (Lipinski definition) is 5. The number of rotatable bonds is 9. The Morgan fingerprint density at radius 1 is 1.13 bits per heavy atom. The highest BCUT2D eigenvalue weighted by molar-refractivity contribution is 6.02. The van der Waals surface area contributed by atoms with Gasteiger partial charge in [0, 0.05) is 13.1 Å². The number of benzene rings is 1. The number of carbonyl (C=O) groups is 1. The van der Waals surface area contributed by atoms with E-state index in [1.54, 1.807) is 6.07 Å². The molecular formula is C23H31N5O2. The molecule has 1 aliphatic rings. The Balaban J connectivity index is 1.50. The van der Waals surface area contributed by atoms with Crippen LogP contribution in [0.25, 0.3) is 11.0 Å². The Kier molecular flexibility index (Phi) is 6.50. The van der Waals surface area contributed by atoms with Crippen molar-refractivity contribution in [1.29, 1.82) is 0 Å². The zero-order chi connectivity index (χ0) is 20.9. The summed E-state index contributed by atoms with van der Waals surface area (Å²) in [7, 11) is 0. The van der Waals surface area contributed by atoms with Gasteiger partial charge in [-0.15, -0.1) is 0 Å². The van der Waals surface area contributed by atoms with E-state index in [2.05, 4.69) is 38.5 Å². The largest absolute Gasteiger partial charge is 0.455 e. The van der Waals surface area contributed by atoms with Crippen LogP contribution in [0.3, 0.4) is 0 Å². The first kappa shape index (κ1) is 20.6. The Hall–Kier alpha value is -2.64. The van der Waals surface area contributed by atoms with Gasteiger partial charge in [-0.2, -0.15) is 0 Å². The second-order valence-corrected chi connectivity index (χ2v) is 7.81. The van der Waals surface area contributed by atoms with Crippen molar-refractivity contribution < 1.29 is 9.21 Å². The van der Waals surface area contributed by atoms with Gasteiger partial charge in [-0.25, -0.2) is 4.98 Å². The van der Waals surface area contributed by atoms with Gasteiger partial charge in [-0.1, -0.05) is 26.0 Å². The summed E-state index contributed by atoms with van der Waals surface area (Å²) >= 11 is 0. The average molecular weight is 410 g/mol. The molecule has 0 spiro atoms. The van der Waals surface area contributed by atoms with Crippen molar-refractivity contribution in [2.75, 3.05) is 38.0 Å².